The van der Waals surface area contributed by atoms with Crippen molar-refractivity contribution in [3.05, 3.63) is 60.0 Å². The van der Waals surface area contributed by atoms with Crippen LogP contribution in [-0.4, -0.2) is 15.1 Å². The van der Waals surface area contributed by atoms with Crippen LogP contribution in [0.5, 0.6) is 0 Å². The minimum absolute atomic E-state index is 0. The highest BCUT2D eigenvalue weighted by molar-refractivity contribution is 5.85. The molecule has 0 spiro atoms. The van der Waals surface area contributed by atoms with Gasteiger partial charge in [-0.2, -0.15) is 4.98 Å². The molecule has 3 rings (SSSR count). The zero-order valence-electron chi connectivity index (χ0n) is 9.84. The molecule has 6 heteroatoms. The molecule has 0 bridgehead atoms. The summed E-state index contributed by atoms with van der Waals surface area (Å²) in [6.07, 6.45) is 2.40. The van der Waals surface area contributed by atoms with Gasteiger partial charge in [-0.25, -0.2) is 4.39 Å². The Bertz CT molecular complexity index is 634. The molecule has 2 aromatic heterocycles. The standard InChI is InChI=1S/C13H10FN3O.ClH/c14-10-5-3-9(4-6-10)13-16-12(18-17-13)8-11-2-1-7-15-11;/h1-7,15H,8H2;1H. The van der Waals surface area contributed by atoms with Crippen molar-refractivity contribution in [2.24, 2.45) is 0 Å². The topological polar surface area (TPSA) is 54.7 Å². The van der Waals surface area contributed by atoms with Gasteiger partial charge < -0.3 is 9.51 Å². The third kappa shape index (κ3) is 3.00. The lowest BCUT2D eigenvalue weighted by atomic mass is 10.2. The Balaban J connectivity index is 0.00000133. The Hall–Kier alpha value is -2.14. The maximum absolute atomic E-state index is 12.8. The number of hydrogen-bond acceptors (Lipinski definition) is 3. The van der Waals surface area contributed by atoms with Crippen LogP contribution in [0.2, 0.25) is 0 Å². The van der Waals surface area contributed by atoms with E-state index in [1.165, 1.54) is 12.1 Å². The van der Waals surface area contributed by atoms with Gasteiger partial charge in [0.15, 0.2) is 0 Å². The van der Waals surface area contributed by atoms with Crippen LogP contribution in [0.25, 0.3) is 11.4 Å². The van der Waals surface area contributed by atoms with E-state index in [0.29, 0.717) is 18.1 Å². The van der Waals surface area contributed by atoms with Crippen molar-refractivity contribution < 1.29 is 8.91 Å². The second kappa shape index (κ2) is 5.67. The molecule has 2 heterocycles. The summed E-state index contributed by atoms with van der Waals surface area (Å²) in [5.74, 6) is 0.710. The lowest BCUT2D eigenvalue weighted by Crippen LogP contribution is -1.88. The van der Waals surface area contributed by atoms with E-state index in [1.54, 1.807) is 12.1 Å². The van der Waals surface area contributed by atoms with Crippen molar-refractivity contribution in [2.75, 3.05) is 0 Å². The molecule has 0 aliphatic rings. The third-order valence-corrected chi connectivity index (χ3v) is 2.57. The van der Waals surface area contributed by atoms with E-state index in [-0.39, 0.29) is 18.2 Å². The number of benzene rings is 1. The lowest BCUT2D eigenvalue weighted by molar-refractivity contribution is 0.385. The van der Waals surface area contributed by atoms with Gasteiger partial charge in [0, 0.05) is 17.5 Å². The highest BCUT2D eigenvalue weighted by Crippen LogP contribution is 2.17. The highest BCUT2D eigenvalue weighted by Gasteiger charge is 2.09. The fourth-order valence-corrected chi connectivity index (χ4v) is 1.68. The normalized spacial score (nSPS) is 10.2. The van der Waals surface area contributed by atoms with E-state index >= 15 is 0 Å². The number of nitrogens with zero attached hydrogens (tertiary/aromatic N) is 2. The van der Waals surface area contributed by atoms with Crippen LogP contribution in [0, 0.1) is 5.82 Å². The van der Waals surface area contributed by atoms with E-state index in [9.17, 15) is 4.39 Å². The van der Waals surface area contributed by atoms with Crippen LogP contribution in [0.4, 0.5) is 4.39 Å². The Kier molecular flexibility index (Phi) is 3.97. The second-order valence-electron chi connectivity index (χ2n) is 3.89. The van der Waals surface area contributed by atoms with E-state index in [0.717, 1.165) is 11.3 Å². The van der Waals surface area contributed by atoms with Crippen molar-refractivity contribution in [1.82, 2.24) is 15.1 Å². The number of H-pyrrole nitrogens is 1. The molecule has 0 aliphatic heterocycles. The second-order valence-corrected chi connectivity index (χ2v) is 3.89. The molecule has 0 radical (unpaired) electrons. The van der Waals surface area contributed by atoms with Crippen LogP contribution in [0.15, 0.2) is 47.1 Å². The lowest BCUT2D eigenvalue weighted by Gasteiger charge is -1.92. The Morgan fingerprint density at radius 1 is 1.16 bits per heavy atom. The summed E-state index contributed by atoms with van der Waals surface area (Å²) in [6.45, 7) is 0. The first-order chi connectivity index (χ1) is 8.81. The van der Waals surface area contributed by atoms with Crippen molar-refractivity contribution in [1.29, 1.82) is 0 Å². The van der Waals surface area contributed by atoms with Crippen LogP contribution in [0.3, 0.4) is 0 Å². The van der Waals surface area contributed by atoms with Crippen molar-refractivity contribution in [3.63, 3.8) is 0 Å². The van der Waals surface area contributed by atoms with E-state index in [4.69, 9.17) is 4.52 Å². The van der Waals surface area contributed by atoms with Gasteiger partial charge in [-0.05, 0) is 36.4 Å². The number of aromatic amines is 1. The van der Waals surface area contributed by atoms with Gasteiger partial charge in [-0.15, -0.1) is 12.4 Å². The van der Waals surface area contributed by atoms with Crippen molar-refractivity contribution >= 4 is 12.4 Å². The number of halogens is 2. The molecule has 19 heavy (non-hydrogen) atoms. The Morgan fingerprint density at radius 2 is 1.95 bits per heavy atom. The molecule has 1 aromatic carbocycles. The highest BCUT2D eigenvalue weighted by atomic mass is 35.5. The van der Waals surface area contributed by atoms with Crippen molar-refractivity contribution in [2.45, 2.75) is 6.42 Å². The molecule has 0 amide bonds. The molecule has 0 saturated heterocycles. The number of hydrogen-bond donors (Lipinski definition) is 1. The minimum Gasteiger partial charge on any atom is -0.365 e. The molecule has 4 nitrogen and oxygen atoms in total. The van der Waals surface area contributed by atoms with Gasteiger partial charge in [0.05, 0.1) is 6.42 Å². The largest absolute Gasteiger partial charge is 0.365 e. The van der Waals surface area contributed by atoms with Crippen LogP contribution < -0.4 is 0 Å². The first-order valence-corrected chi connectivity index (χ1v) is 5.52. The van der Waals surface area contributed by atoms with Crippen molar-refractivity contribution in [3.8, 4) is 11.4 Å². The summed E-state index contributed by atoms with van der Waals surface area (Å²) in [7, 11) is 0. The van der Waals surface area contributed by atoms with E-state index in [1.807, 2.05) is 18.3 Å². The molecular weight excluding hydrogens is 269 g/mol. The molecule has 0 saturated carbocycles. The Labute approximate surface area is 115 Å². The summed E-state index contributed by atoms with van der Waals surface area (Å²) in [4.78, 5) is 7.33. The predicted octanol–water partition coefficient (Wildman–Crippen LogP) is 3.22. The molecule has 0 aliphatic carbocycles. The minimum atomic E-state index is -0.283. The number of aromatic nitrogens is 3. The van der Waals surface area contributed by atoms with Gasteiger partial charge in [0.2, 0.25) is 11.7 Å². The fourth-order valence-electron chi connectivity index (χ4n) is 1.68. The summed E-state index contributed by atoms with van der Waals surface area (Å²) < 4.78 is 17.9. The number of rotatable bonds is 3. The summed E-state index contributed by atoms with van der Waals surface area (Å²) in [5.41, 5.74) is 1.74. The summed E-state index contributed by atoms with van der Waals surface area (Å²) >= 11 is 0. The molecule has 0 unspecified atom stereocenters. The van der Waals surface area contributed by atoms with Crippen LogP contribution in [0.1, 0.15) is 11.6 Å². The molecule has 0 atom stereocenters. The average Bonchev–Trinajstić information content (AvgIpc) is 3.02. The van der Waals surface area contributed by atoms with E-state index < -0.39 is 0 Å². The monoisotopic (exact) mass is 279 g/mol. The van der Waals surface area contributed by atoms with Gasteiger partial charge in [-0.3, -0.25) is 0 Å². The summed E-state index contributed by atoms with van der Waals surface area (Å²) in [6, 6.07) is 9.85. The molecular formula is C13H11ClFN3O. The maximum atomic E-state index is 12.8. The average molecular weight is 280 g/mol. The van der Waals surface area contributed by atoms with Crippen LogP contribution >= 0.6 is 12.4 Å². The molecule has 3 aromatic rings. The first kappa shape index (κ1) is 13.3. The summed E-state index contributed by atoms with van der Waals surface area (Å²) in [5, 5.41) is 3.87. The first-order valence-electron chi connectivity index (χ1n) is 5.52. The maximum Gasteiger partial charge on any atom is 0.232 e. The SMILES string of the molecule is Cl.Fc1ccc(-c2noc(Cc3ccc[nH]3)n2)cc1. The number of nitrogens with one attached hydrogen (secondary N) is 1. The third-order valence-electron chi connectivity index (χ3n) is 2.57. The fraction of sp³-hybridized carbons (Fsp3) is 0.0769. The quantitative estimate of drug-likeness (QED) is 0.801. The molecule has 0 fully saturated rings. The zero-order chi connectivity index (χ0) is 12.4. The zero-order valence-corrected chi connectivity index (χ0v) is 10.7. The Morgan fingerprint density at radius 3 is 2.63 bits per heavy atom. The van der Waals surface area contributed by atoms with Gasteiger partial charge in [-0.1, -0.05) is 5.16 Å². The molecule has 98 valence electrons. The predicted molar refractivity (Wildman–Crippen MR) is 70.5 cm³/mol. The van der Waals surface area contributed by atoms with Crippen LogP contribution in [-0.2, 0) is 6.42 Å². The van der Waals surface area contributed by atoms with Gasteiger partial charge >= 0.3 is 0 Å². The van der Waals surface area contributed by atoms with Gasteiger partial charge in [0.25, 0.3) is 0 Å². The van der Waals surface area contributed by atoms with Gasteiger partial charge in [0.1, 0.15) is 5.82 Å². The smallest absolute Gasteiger partial charge is 0.232 e. The molecule has 1 N–H and O–H groups in total. The van der Waals surface area contributed by atoms with E-state index in [2.05, 4.69) is 15.1 Å².